The van der Waals surface area contributed by atoms with Crippen molar-refractivity contribution in [1.82, 2.24) is 10.3 Å². The molecule has 0 bridgehead atoms. The molecule has 6 heteroatoms. The molecule has 1 saturated heterocycles. The summed E-state index contributed by atoms with van der Waals surface area (Å²) in [5.41, 5.74) is 8.53. The Morgan fingerprint density at radius 2 is 2.12 bits per heavy atom. The van der Waals surface area contributed by atoms with Crippen LogP contribution in [0.4, 0.5) is 0 Å². The van der Waals surface area contributed by atoms with Crippen molar-refractivity contribution < 1.29 is 9.53 Å². The first-order valence-corrected chi connectivity index (χ1v) is 9.59. The molecule has 0 atom stereocenters. The molecule has 1 amide bonds. The molecule has 3 N–H and O–H groups in total. The monoisotopic (exact) mass is 359 g/mol. The molecule has 1 aromatic carbocycles. The van der Waals surface area contributed by atoms with E-state index < -0.39 is 0 Å². The number of carbonyl (C=O) groups excluding carboxylic acids is 1. The van der Waals surface area contributed by atoms with Crippen LogP contribution in [0.2, 0.25) is 0 Å². The van der Waals surface area contributed by atoms with Crippen LogP contribution in [0, 0.1) is 6.92 Å². The molecule has 0 spiro atoms. The minimum atomic E-state index is -0.112. The lowest BCUT2D eigenvalue weighted by Crippen LogP contribution is -2.45. The first kappa shape index (κ1) is 18.0. The maximum Gasteiger partial charge on any atom is 0.270 e. The van der Waals surface area contributed by atoms with Gasteiger partial charge in [0.05, 0.1) is 5.01 Å². The molecule has 0 unspecified atom stereocenters. The number of ether oxygens (including phenoxy) is 1. The van der Waals surface area contributed by atoms with Crippen molar-refractivity contribution in [3.63, 3.8) is 0 Å². The highest BCUT2D eigenvalue weighted by Gasteiger charge is 2.36. The molecule has 0 aliphatic carbocycles. The van der Waals surface area contributed by atoms with Gasteiger partial charge in [-0.3, -0.25) is 4.79 Å². The zero-order valence-electron chi connectivity index (χ0n) is 14.6. The van der Waals surface area contributed by atoms with E-state index in [1.807, 2.05) is 5.38 Å². The highest BCUT2D eigenvalue weighted by atomic mass is 32.1. The molecular formula is C19H25N3O2S. The van der Waals surface area contributed by atoms with Crippen molar-refractivity contribution in [1.29, 1.82) is 0 Å². The normalized spacial score (nSPS) is 16.6. The Labute approximate surface area is 152 Å². The second-order valence-electron chi connectivity index (χ2n) is 6.56. The lowest BCUT2D eigenvalue weighted by atomic mass is 9.72. The number of nitrogens with zero attached hydrogens (tertiary/aromatic N) is 1. The number of nitrogens with one attached hydrogen (secondary N) is 1. The predicted octanol–water partition coefficient (Wildman–Crippen LogP) is 2.43. The number of rotatable bonds is 6. The van der Waals surface area contributed by atoms with E-state index in [0.29, 0.717) is 25.2 Å². The smallest absolute Gasteiger partial charge is 0.270 e. The minimum absolute atomic E-state index is 0.0740. The van der Waals surface area contributed by atoms with Gasteiger partial charge in [0.1, 0.15) is 5.69 Å². The quantitative estimate of drug-likeness (QED) is 0.830. The summed E-state index contributed by atoms with van der Waals surface area (Å²) in [4.78, 5) is 16.9. The number of nitrogens with two attached hydrogens (primary N) is 1. The van der Waals surface area contributed by atoms with Crippen LogP contribution < -0.4 is 11.1 Å². The first-order valence-electron chi connectivity index (χ1n) is 8.71. The van der Waals surface area contributed by atoms with Crippen LogP contribution in [0.5, 0.6) is 0 Å². The van der Waals surface area contributed by atoms with Crippen LogP contribution in [0.15, 0.2) is 29.6 Å². The molecule has 25 heavy (non-hydrogen) atoms. The van der Waals surface area contributed by atoms with Gasteiger partial charge in [0.25, 0.3) is 5.91 Å². The van der Waals surface area contributed by atoms with Crippen molar-refractivity contribution in [2.24, 2.45) is 5.73 Å². The van der Waals surface area contributed by atoms with Crippen LogP contribution in [-0.2, 0) is 16.6 Å². The maximum atomic E-state index is 12.5. The number of amides is 1. The van der Waals surface area contributed by atoms with Gasteiger partial charge in [0.2, 0.25) is 0 Å². The minimum Gasteiger partial charge on any atom is -0.381 e. The summed E-state index contributed by atoms with van der Waals surface area (Å²) < 4.78 is 5.57. The van der Waals surface area contributed by atoms with Crippen molar-refractivity contribution >= 4 is 17.2 Å². The van der Waals surface area contributed by atoms with Crippen LogP contribution in [0.3, 0.4) is 0 Å². The summed E-state index contributed by atoms with van der Waals surface area (Å²) in [6, 6.07) is 8.43. The van der Waals surface area contributed by atoms with Gasteiger partial charge < -0.3 is 15.8 Å². The number of aromatic nitrogens is 1. The molecule has 5 nitrogen and oxygen atoms in total. The lowest BCUT2D eigenvalue weighted by molar-refractivity contribution is 0.0485. The number of hydrogen-bond acceptors (Lipinski definition) is 5. The number of aryl methyl sites for hydroxylation is 1. The molecule has 2 aromatic rings. The van der Waals surface area contributed by atoms with E-state index in [0.717, 1.165) is 31.1 Å². The summed E-state index contributed by atoms with van der Waals surface area (Å²) in [7, 11) is 0. The molecule has 1 aromatic heterocycles. The van der Waals surface area contributed by atoms with Crippen LogP contribution in [0.1, 0.15) is 39.5 Å². The van der Waals surface area contributed by atoms with Crippen molar-refractivity contribution in [2.45, 2.75) is 31.6 Å². The zero-order chi connectivity index (χ0) is 17.7. The summed E-state index contributed by atoms with van der Waals surface area (Å²) in [5.74, 6) is -0.112. The average molecular weight is 359 g/mol. The fourth-order valence-corrected chi connectivity index (χ4v) is 4.26. The molecule has 1 fully saturated rings. The molecule has 0 radical (unpaired) electrons. The number of carbonyl (C=O) groups is 1. The van der Waals surface area contributed by atoms with Gasteiger partial charge in [-0.25, -0.2) is 4.98 Å². The van der Waals surface area contributed by atoms with E-state index in [9.17, 15) is 4.79 Å². The number of hydrogen-bond donors (Lipinski definition) is 2. The van der Waals surface area contributed by atoms with Crippen LogP contribution >= 0.6 is 11.3 Å². The highest BCUT2D eigenvalue weighted by molar-refractivity contribution is 7.09. The van der Waals surface area contributed by atoms with Gasteiger partial charge in [-0.1, -0.05) is 24.3 Å². The van der Waals surface area contributed by atoms with E-state index >= 15 is 0 Å². The zero-order valence-corrected chi connectivity index (χ0v) is 15.4. The Morgan fingerprint density at radius 1 is 1.36 bits per heavy atom. The predicted molar refractivity (Wildman–Crippen MR) is 100 cm³/mol. The van der Waals surface area contributed by atoms with Crippen LogP contribution in [-0.4, -0.2) is 37.2 Å². The van der Waals surface area contributed by atoms with E-state index in [1.54, 1.807) is 0 Å². The largest absolute Gasteiger partial charge is 0.381 e. The Kier molecular flexibility index (Phi) is 5.83. The third kappa shape index (κ3) is 4.08. The van der Waals surface area contributed by atoms with Crippen molar-refractivity contribution in [2.75, 3.05) is 26.3 Å². The van der Waals surface area contributed by atoms with Gasteiger partial charge >= 0.3 is 0 Å². The highest BCUT2D eigenvalue weighted by Crippen LogP contribution is 2.36. The summed E-state index contributed by atoms with van der Waals surface area (Å²) in [6.45, 7) is 4.73. The fourth-order valence-electron chi connectivity index (χ4n) is 3.46. The number of benzene rings is 1. The fraction of sp³-hybridized carbons (Fsp3) is 0.474. The molecule has 1 aliphatic heterocycles. The molecular weight excluding hydrogens is 334 g/mol. The third-order valence-corrected chi connectivity index (χ3v) is 5.80. The molecule has 3 rings (SSSR count). The van der Waals surface area contributed by atoms with Crippen LogP contribution in [0.25, 0.3) is 0 Å². The molecule has 1 aliphatic rings. The second kappa shape index (κ2) is 8.08. The topological polar surface area (TPSA) is 77.2 Å². The van der Waals surface area contributed by atoms with Gasteiger partial charge in [-0.2, -0.15) is 0 Å². The van der Waals surface area contributed by atoms with Gasteiger partial charge in [0.15, 0.2) is 0 Å². The Balaban J connectivity index is 1.75. The van der Waals surface area contributed by atoms with E-state index in [4.69, 9.17) is 10.5 Å². The first-order chi connectivity index (χ1) is 12.1. The van der Waals surface area contributed by atoms with E-state index in [2.05, 4.69) is 41.5 Å². The maximum absolute atomic E-state index is 12.5. The Hall–Kier alpha value is -1.76. The standard InChI is InChI=1S/C19H25N3O2S/c1-14-4-2-3-5-15(14)19(7-10-24-11-8-19)13-21-18(23)16-12-25-17(22-16)6-9-20/h2-5,12H,6-11,13,20H2,1H3,(H,21,23). The van der Waals surface area contributed by atoms with Gasteiger partial charge in [-0.05, 0) is 37.4 Å². The average Bonchev–Trinajstić information content (AvgIpc) is 3.10. The SMILES string of the molecule is Cc1ccccc1C1(CNC(=O)c2csc(CCN)n2)CCOCC1. The summed E-state index contributed by atoms with van der Waals surface area (Å²) in [5, 5.41) is 5.83. The number of thiazole rings is 1. The second-order valence-corrected chi connectivity index (χ2v) is 7.50. The molecule has 0 saturated carbocycles. The third-order valence-electron chi connectivity index (χ3n) is 4.90. The molecule has 134 valence electrons. The lowest BCUT2D eigenvalue weighted by Gasteiger charge is -2.38. The van der Waals surface area contributed by atoms with Gasteiger partial charge in [-0.15, -0.1) is 11.3 Å². The summed E-state index contributed by atoms with van der Waals surface area (Å²) in [6.07, 6.45) is 2.53. The Morgan fingerprint density at radius 3 is 2.84 bits per heavy atom. The molecule has 2 heterocycles. The van der Waals surface area contributed by atoms with E-state index in [-0.39, 0.29) is 11.3 Å². The van der Waals surface area contributed by atoms with Crippen molar-refractivity contribution in [3.05, 3.63) is 51.5 Å². The Bertz CT molecular complexity index is 723. The van der Waals surface area contributed by atoms with Gasteiger partial charge in [0, 0.05) is 37.0 Å². The van der Waals surface area contributed by atoms with Crippen molar-refractivity contribution in [3.8, 4) is 0 Å². The van der Waals surface area contributed by atoms with E-state index in [1.165, 1.54) is 22.5 Å². The summed E-state index contributed by atoms with van der Waals surface area (Å²) >= 11 is 1.49.